The van der Waals surface area contributed by atoms with Gasteiger partial charge < -0.3 is 16.0 Å². The van der Waals surface area contributed by atoms with Gasteiger partial charge in [-0.2, -0.15) is 0 Å². The van der Waals surface area contributed by atoms with Crippen LogP contribution in [0.25, 0.3) is 0 Å². The summed E-state index contributed by atoms with van der Waals surface area (Å²) in [4.78, 5) is 20.2. The van der Waals surface area contributed by atoms with Gasteiger partial charge in [0.2, 0.25) is 5.91 Å². The predicted molar refractivity (Wildman–Crippen MR) is 54.8 cm³/mol. The third kappa shape index (κ3) is 2.34. The Morgan fingerprint density at radius 2 is 2.60 bits per heavy atom. The van der Waals surface area contributed by atoms with Crippen LogP contribution in [0.4, 0.5) is 0 Å². The predicted octanol–water partition coefficient (Wildman–Crippen LogP) is -1.33. The number of primary amides is 1. The molecule has 1 saturated heterocycles. The van der Waals surface area contributed by atoms with Gasteiger partial charge in [-0.15, -0.1) is 0 Å². The molecular weight excluding hydrogens is 194 g/mol. The van der Waals surface area contributed by atoms with Crippen LogP contribution in [0, 0.1) is 0 Å². The van der Waals surface area contributed by atoms with Crippen molar-refractivity contribution >= 4 is 5.91 Å². The summed E-state index contributed by atoms with van der Waals surface area (Å²) in [6, 6.07) is -0.220. The van der Waals surface area contributed by atoms with E-state index >= 15 is 0 Å². The Hall–Kier alpha value is -1.40. The van der Waals surface area contributed by atoms with Crippen LogP contribution < -0.4 is 11.1 Å². The molecule has 6 nitrogen and oxygen atoms in total. The van der Waals surface area contributed by atoms with Crippen molar-refractivity contribution in [1.82, 2.24) is 20.2 Å². The van der Waals surface area contributed by atoms with Crippen molar-refractivity contribution < 1.29 is 4.79 Å². The molecule has 0 aliphatic carbocycles. The Bertz CT molecular complexity index is 323. The SMILES string of the molecule is NC(=O)C1CNCCN1Cc1cnc[nH]1. The number of nitrogens with one attached hydrogen (secondary N) is 2. The molecule has 1 atom stereocenters. The van der Waals surface area contributed by atoms with Crippen molar-refractivity contribution in [2.24, 2.45) is 5.73 Å². The summed E-state index contributed by atoms with van der Waals surface area (Å²) in [7, 11) is 0. The first-order valence-corrected chi connectivity index (χ1v) is 4.98. The van der Waals surface area contributed by atoms with E-state index in [1.54, 1.807) is 12.5 Å². The first kappa shape index (κ1) is 10.1. The first-order valence-electron chi connectivity index (χ1n) is 4.98. The molecule has 1 aliphatic rings. The fourth-order valence-corrected chi connectivity index (χ4v) is 1.81. The number of nitrogens with two attached hydrogens (primary N) is 1. The lowest BCUT2D eigenvalue weighted by atomic mass is 10.1. The third-order valence-corrected chi connectivity index (χ3v) is 2.61. The van der Waals surface area contributed by atoms with E-state index in [-0.39, 0.29) is 11.9 Å². The van der Waals surface area contributed by atoms with Gasteiger partial charge in [-0.3, -0.25) is 9.69 Å². The molecule has 0 spiro atoms. The van der Waals surface area contributed by atoms with Crippen LogP contribution in [-0.2, 0) is 11.3 Å². The van der Waals surface area contributed by atoms with Crippen molar-refractivity contribution in [3.8, 4) is 0 Å². The molecule has 6 heteroatoms. The number of aromatic nitrogens is 2. The molecule has 0 radical (unpaired) electrons. The van der Waals surface area contributed by atoms with E-state index in [1.807, 2.05) is 0 Å². The van der Waals surface area contributed by atoms with Crippen LogP contribution in [0.1, 0.15) is 5.69 Å². The Balaban J connectivity index is 2.02. The van der Waals surface area contributed by atoms with Gasteiger partial charge in [0.25, 0.3) is 0 Å². The second-order valence-corrected chi connectivity index (χ2v) is 3.67. The van der Waals surface area contributed by atoms with Crippen molar-refractivity contribution in [2.45, 2.75) is 12.6 Å². The Morgan fingerprint density at radius 1 is 1.73 bits per heavy atom. The summed E-state index contributed by atoms with van der Waals surface area (Å²) in [5.41, 5.74) is 6.34. The molecule has 2 rings (SSSR count). The monoisotopic (exact) mass is 209 g/mol. The average Bonchev–Trinajstić information content (AvgIpc) is 2.71. The normalized spacial score (nSPS) is 22.8. The highest BCUT2D eigenvalue weighted by Crippen LogP contribution is 2.07. The highest BCUT2D eigenvalue weighted by molar-refractivity contribution is 5.80. The quantitative estimate of drug-likeness (QED) is 0.575. The van der Waals surface area contributed by atoms with Crippen molar-refractivity contribution in [2.75, 3.05) is 19.6 Å². The van der Waals surface area contributed by atoms with Gasteiger partial charge in [-0.1, -0.05) is 0 Å². The standard InChI is InChI=1S/C9H15N5O/c10-9(15)8-4-11-1-2-14(8)5-7-3-12-6-13-7/h3,6,8,11H,1-2,4-5H2,(H2,10,15)(H,12,13). The molecule has 1 fully saturated rings. The number of nitrogens with zero attached hydrogens (tertiary/aromatic N) is 2. The van der Waals surface area contributed by atoms with E-state index < -0.39 is 0 Å². The van der Waals surface area contributed by atoms with Crippen LogP contribution >= 0.6 is 0 Å². The van der Waals surface area contributed by atoms with E-state index in [0.717, 1.165) is 18.8 Å². The zero-order valence-corrected chi connectivity index (χ0v) is 8.44. The smallest absolute Gasteiger partial charge is 0.236 e. The minimum absolute atomic E-state index is 0.220. The highest BCUT2D eigenvalue weighted by Gasteiger charge is 2.26. The van der Waals surface area contributed by atoms with Gasteiger partial charge in [-0.25, -0.2) is 4.98 Å². The summed E-state index contributed by atoms with van der Waals surface area (Å²) in [6.45, 7) is 3.03. The average molecular weight is 209 g/mol. The number of carbonyl (C=O) groups is 1. The summed E-state index contributed by atoms with van der Waals surface area (Å²) in [6.07, 6.45) is 3.40. The maximum atomic E-state index is 11.2. The lowest BCUT2D eigenvalue weighted by Gasteiger charge is -2.33. The number of carbonyl (C=O) groups excluding carboxylic acids is 1. The molecule has 82 valence electrons. The lowest BCUT2D eigenvalue weighted by molar-refractivity contribution is -0.124. The van der Waals surface area contributed by atoms with Crippen molar-refractivity contribution in [3.63, 3.8) is 0 Å². The number of rotatable bonds is 3. The lowest BCUT2D eigenvalue weighted by Crippen LogP contribution is -2.56. The minimum Gasteiger partial charge on any atom is -0.368 e. The molecular formula is C9H15N5O. The Labute approximate surface area is 87.9 Å². The summed E-state index contributed by atoms with van der Waals surface area (Å²) >= 11 is 0. The van der Waals surface area contributed by atoms with Crippen LogP contribution in [0.5, 0.6) is 0 Å². The zero-order chi connectivity index (χ0) is 10.7. The van der Waals surface area contributed by atoms with Gasteiger partial charge in [0.1, 0.15) is 6.04 Å². The molecule has 15 heavy (non-hydrogen) atoms. The van der Waals surface area contributed by atoms with E-state index in [1.165, 1.54) is 0 Å². The Kier molecular flexibility index (Phi) is 2.98. The highest BCUT2D eigenvalue weighted by atomic mass is 16.1. The maximum Gasteiger partial charge on any atom is 0.236 e. The van der Waals surface area contributed by atoms with E-state index in [4.69, 9.17) is 5.73 Å². The second kappa shape index (κ2) is 4.41. The summed E-state index contributed by atoms with van der Waals surface area (Å²) in [5, 5.41) is 3.16. The largest absolute Gasteiger partial charge is 0.368 e. The number of imidazole rings is 1. The number of aromatic amines is 1. The molecule has 1 unspecified atom stereocenters. The fraction of sp³-hybridized carbons (Fsp3) is 0.556. The van der Waals surface area contributed by atoms with Gasteiger partial charge in [0.15, 0.2) is 0 Å². The van der Waals surface area contributed by atoms with Crippen molar-refractivity contribution in [1.29, 1.82) is 0 Å². The number of piperazine rings is 1. The van der Waals surface area contributed by atoms with Crippen LogP contribution in [0.2, 0.25) is 0 Å². The number of amides is 1. The van der Waals surface area contributed by atoms with Crippen molar-refractivity contribution in [3.05, 3.63) is 18.2 Å². The van der Waals surface area contributed by atoms with Crippen LogP contribution in [0.15, 0.2) is 12.5 Å². The second-order valence-electron chi connectivity index (χ2n) is 3.67. The topological polar surface area (TPSA) is 87.0 Å². The molecule has 0 aromatic carbocycles. The van der Waals surface area contributed by atoms with E-state index in [0.29, 0.717) is 13.1 Å². The van der Waals surface area contributed by atoms with Crippen LogP contribution in [-0.4, -0.2) is 46.5 Å². The zero-order valence-electron chi connectivity index (χ0n) is 8.44. The fourth-order valence-electron chi connectivity index (χ4n) is 1.81. The summed E-state index contributed by atoms with van der Waals surface area (Å²) in [5.74, 6) is -0.276. The minimum atomic E-state index is -0.276. The molecule has 1 amide bonds. The van der Waals surface area contributed by atoms with Gasteiger partial charge in [0.05, 0.1) is 6.33 Å². The Morgan fingerprint density at radius 3 is 3.27 bits per heavy atom. The molecule has 1 aromatic rings. The molecule has 0 bridgehead atoms. The number of H-pyrrole nitrogens is 1. The maximum absolute atomic E-state index is 11.2. The molecule has 1 aliphatic heterocycles. The van der Waals surface area contributed by atoms with Gasteiger partial charge in [0, 0.05) is 38.1 Å². The van der Waals surface area contributed by atoms with Gasteiger partial charge in [-0.05, 0) is 0 Å². The van der Waals surface area contributed by atoms with Crippen LogP contribution in [0.3, 0.4) is 0 Å². The molecule has 4 N–H and O–H groups in total. The summed E-state index contributed by atoms with van der Waals surface area (Å²) < 4.78 is 0. The van der Waals surface area contributed by atoms with E-state index in [2.05, 4.69) is 20.2 Å². The number of hydrogen-bond donors (Lipinski definition) is 3. The molecule has 0 saturated carbocycles. The third-order valence-electron chi connectivity index (χ3n) is 2.61. The van der Waals surface area contributed by atoms with E-state index in [9.17, 15) is 4.79 Å². The molecule has 1 aromatic heterocycles. The first-order chi connectivity index (χ1) is 7.27. The number of hydrogen-bond acceptors (Lipinski definition) is 4. The molecule has 2 heterocycles. The van der Waals surface area contributed by atoms with Gasteiger partial charge >= 0.3 is 0 Å².